The van der Waals surface area contributed by atoms with Crippen molar-refractivity contribution < 1.29 is 14.6 Å². The summed E-state index contributed by atoms with van der Waals surface area (Å²) in [6, 6.07) is 21.0. The third kappa shape index (κ3) is 3.79. The number of aromatic nitrogens is 2. The molecule has 1 N–H and O–H groups in total. The Bertz CT molecular complexity index is 1170. The molecular formula is C25H24N2O3. The normalized spacial score (nSPS) is 12.0. The molecule has 0 bridgehead atoms. The van der Waals surface area contributed by atoms with Crippen molar-refractivity contribution in [1.29, 1.82) is 0 Å². The van der Waals surface area contributed by atoms with Gasteiger partial charge < -0.3 is 14.6 Å². The summed E-state index contributed by atoms with van der Waals surface area (Å²) in [5, 5.41) is 11.4. The van der Waals surface area contributed by atoms with Gasteiger partial charge in [0, 0.05) is 0 Å². The van der Waals surface area contributed by atoms with E-state index in [4.69, 9.17) is 9.47 Å². The molecule has 0 fully saturated rings. The van der Waals surface area contributed by atoms with Crippen LogP contribution in [0.15, 0.2) is 66.7 Å². The number of hydrogen-bond acceptors (Lipinski definition) is 5. The van der Waals surface area contributed by atoms with Crippen LogP contribution in [0.3, 0.4) is 0 Å². The third-order valence-electron chi connectivity index (χ3n) is 5.30. The summed E-state index contributed by atoms with van der Waals surface area (Å²) in [4.78, 5) is 9.25. The van der Waals surface area contributed by atoms with Gasteiger partial charge in [-0.3, -0.25) is 0 Å². The summed E-state index contributed by atoms with van der Waals surface area (Å²) >= 11 is 0. The third-order valence-corrected chi connectivity index (χ3v) is 5.30. The van der Waals surface area contributed by atoms with E-state index in [0.717, 1.165) is 17.3 Å². The molecule has 0 aliphatic carbocycles. The van der Waals surface area contributed by atoms with Crippen molar-refractivity contribution in [3.63, 3.8) is 0 Å². The van der Waals surface area contributed by atoms with Crippen LogP contribution in [-0.4, -0.2) is 22.2 Å². The molecule has 5 nitrogen and oxygen atoms in total. The molecule has 3 aromatic carbocycles. The minimum atomic E-state index is -0.000799. The Hall–Kier alpha value is -3.60. The minimum absolute atomic E-state index is 0.000799. The summed E-state index contributed by atoms with van der Waals surface area (Å²) < 4.78 is 11.4. The first-order valence-electron chi connectivity index (χ1n) is 10.0. The number of ether oxygens (including phenoxy) is 2. The molecule has 1 heterocycles. The number of methoxy groups -OCH3 is 1. The highest BCUT2D eigenvalue weighted by atomic mass is 16.5. The topological polar surface area (TPSA) is 64.5 Å². The van der Waals surface area contributed by atoms with E-state index in [-0.39, 0.29) is 5.75 Å². The molecule has 0 saturated heterocycles. The number of benzene rings is 3. The van der Waals surface area contributed by atoms with Crippen molar-refractivity contribution >= 4 is 10.9 Å². The molecule has 0 unspecified atom stereocenters. The van der Waals surface area contributed by atoms with Gasteiger partial charge in [0.15, 0.2) is 17.3 Å². The van der Waals surface area contributed by atoms with Crippen LogP contribution in [0.25, 0.3) is 22.3 Å². The Morgan fingerprint density at radius 3 is 2.43 bits per heavy atom. The van der Waals surface area contributed by atoms with Crippen LogP contribution in [0.2, 0.25) is 0 Å². The van der Waals surface area contributed by atoms with E-state index in [1.165, 1.54) is 12.7 Å². The molecule has 0 spiro atoms. The van der Waals surface area contributed by atoms with Crippen LogP contribution in [0.1, 0.15) is 31.7 Å². The molecule has 0 aliphatic rings. The Balaban J connectivity index is 1.78. The van der Waals surface area contributed by atoms with Crippen molar-refractivity contribution in [3.8, 4) is 34.5 Å². The molecule has 1 aromatic heterocycles. The van der Waals surface area contributed by atoms with Gasteiger partial charge >= 0.3 is 0 Å². The van der Waals surface area contributed by atoms with E-state index < -0.39 is 0 Å². The molecule has 4 rings (SSSR count). The Morgan fingerprint density at radius 1 is 0.933 bits per heavy atom. The second kappa shape index (κ2) is 8.41. The molecule has 4 aromatic rings. The predicted molar refractivity (Wildman–Crippen MR) is 118 cm³/mol. The lowest BCUT2D eigenvalue weighted by atomic mass is 9.99. The standard InChI is InChI=1S/C25H24N2O3/c1-4-16(2)17-12-14-18(15-13-17)30-25-19-8-5-6-10-21(19)26-24(27-25)20-9-7-11-22(29-3)23(20)28/h5-16,28H,4H2,1-3H3/t16-/m1/s1. The number of nitrogens with zero attached hydrogens (tertiary/aromatic N) is 2. The Labute approximate surface area is 176 Å². The van der Waals surface area contributed by atoms with Gasteiger partial charge in [-0.1, -0.05) is 44.2 Å². The molecule has 0 radical (unpaired) electrons. The van der Waals surface area contributed by atoms with Gasteiger partial charge in [0.2, 0.25) is 5.88 Å². The van der Waals surface area contributed by atoms with Crippen LogP contribution < -0.4 is 9.47 Å². The second-order valence-electron chi connectivity index (χ2n) is 7.21. The van der Waals surface area contributed by atoms with E-state index >= 15 is 0 Å². The van der Waals surface area contributed by atoms with Crippen LogP contribution in [0.4, 0.5) is 0 Å². The monoisotopic (exact) mass is 400 g/mol. The van der Waals surface area contributed by atoms with E-state index in [2.05, 4.69) is 35.9 Å². The fraction of sp³-hybridized carbons (Fsp3) is 0.200. The zero-order valence-electron chi connectivity index (χ0n) is 17.3. The quantitative estimate of drug-likeness (QED) is 0.410. The summed E-state index contributed by atoms with van der Waals surface area (Å²) in [6.45, 7) is 4.39. The number of fused-ring (bicyclic) bond motifs is 1. The molecule has 0 amide bonds. The lowest BCUT2D eigenvalue weighted by Gasteiger charge is -2.13. The molecular weight excluding hydrogens is 376 g/mol. The van der Waals surface area contributed by atoms with E-state index in [1.54, 1.807) is 18.2 Å². The number of phenolic OH excluding ortho intramolecular Hbond substituents is 1. The van der Waals surface area contributed by atoms with Crippen molar-refractivity contribution in [2.75, 3.05) is 7.11 Å². The Kier molecular flexibility index (Phi) is 5.53. The predicted octanol–water partition coefficient (Wildman–Crippen LogP) is 6.32. The lowest BCUT2D eigenvalue weighted by molar-refractivity contribution is 0.374. The average molecular weight is 400 g/mol. The fourth-order valence-electron chi connectivity index (χ4n) is 3.32. The van der Waals surface area contributed by atoms with Crippen LogP contribution in [-0.2, 0) is 0 Å². The minimum Gasteiger partial charge on any atom is -0.504 e. The summed E-state index contributed by atoms with van der Waals surface area (Å²) in [5.41, 5.74) is 2.49. The maximum absolute atomic E-state index is 10.6. The van der Waals surface area contributed by atoms with Gasteiger partial charge in [0.05, 0.1) is 23.6 Å². The molecule has 1 atom stereocenters. The highest BCUT2D eigenvalue weighted by molar-refractivity contribution is 5.86. The maximum atomic E-state index is 10.6. The van der Waals surface area contributed by atoms with Gasteiger partial charge in [0.25, 0.3) is 0 Å². The van der Waals surface area contributed by atoms with Crippen molar-refractivity contribution in [3.05, 3.63) is 72.3 Å². The van der Waals surface area contributed by atoms with E-state index in [9.17, 15) is 5.11 Å². The average Bonchev–Trinajstić information content (AvgIpc) is 2.79. The van der Waals surface area contributed by atoms with Crippen molar-refractivity contribution in [2.24, 2.45) is 0 Å². The van der Waals surface area contributed by atoms with Crippen LogP contribution in [0.5, 0.6) is 23.1 Å². The molecule has 0 aliphatic heterocycles. The number of rotatable bonds is 6. The highest BCUT2D eigenvalue weighted by Crippen LogP contribution is 2.37. The zero-order chi connectivity index (χ0) is 21.1. The first-order chi connectivity index (χ1) is 14.6. The van der Waals surface area contributed by atoms with Crippen molar-refractivity contribution in [2.45, 2.75) is 26.2 Å². The number of aromatic hydroxyl groups is 1. The smallest absolute Gasteiger partial charge is 0.230 e. The molecule has 0 saturated carbocycles. The number of phenols is 1. The first-order valence-corrected chi connectivity index (χ1v) is 10.0. The molecule has 152 valence electrons. The van der Waals surface area contributed by atoms with E-state index in [1.807, 2.05) is 36.4 Å². The largest absolute Gasteiger partial charge is 0.504 e. The Morgan fingerprint density at radius 2 is 1.70 bits per heavy atom. The van der Waals surface area contributed by atoms with Crippen LogP contribution in [0, 0.1) is 0 Å². The summed E-state index contributed by atoms with van der Waals surface area (Å²) in [5.74, 6) is 2.38. The maximum Gasteiger partial charge on any atom is 0.230 e. The summed E-state index contributed by atoms with van der Waals surface area (Å²) in [7, 11) is 1.51. The fourth-order valence-corrected chi connectivity index (χ4v) is 3.32. The van der Waals surface area contributed by atoms with Crippen molar-refractivity contribution in [1.82, 2.24) is 9.97 Å². The highest BCUT2D eigenvalue weighted by Gasteiger charge is 2.16. The molecule has 5 heteroatoms. The SMILES string of the molecule is CC[C@@H](C)c1ccc(Oc2nc(-c3cccc(OC)c3O)nc3ccccc23)cc1. The van der Waals surface area contributed by atoms with Crippen LogP contribution >= 0.6 is 0 Å². The zero-order valence-corrected chi connectivity index (χ0v) is 17.3. The van der Waals surface area contributed by atoms with Gasteiger partial charge in [-0.15, -0.1) is 0 Å². The first kappa shape index (κ1) is 19.7. The number of hydrogen-bond donors (Lipinski definition) is 1. The van der Waals surface area contributed by atoms with E-state index in [0.29, 0.717) is 34.7 Å². The van der Waals surface area contributed by atoms with Gasteiger partial charge in [0.1, 0.15) is 5.75 Å². The lowest BCUT2D eigenvalue weighted by Crippen LogP contribution is -1.97. The summed E-state index contributed by atoms with van der Waals surface area (Å²) in [6.07, 6.45) is 1.09. The number of para-hydroxylation sites is 2. The molecule has 30 heavy (non-hydrogen) atoms. The van der Waals surface area contributed by atoms with Gasteiger partial charge in [-0.2, -0.15) is 4.98 Å². The second-order valence-corrected chi connectivity index (χ2v) is 7.21. The van der Waals surface area contributed by atoms with Gasteiger partial charge in [-0.25, -0.2) is 4.98 Å². The van der Waals surface area contributed by atoms with Gasteiger partial charge in [-0.05, 0) is 54.3 Å².